The van der Waals surface area contributed by atoms with Crippen LogP contribution in [0.15, 0.2) is 29.3 Å². The van der Waals surface area contributed by atoms with E-state index in [9.17, 15) is 4.79 Å². The highest BCUT2D eigenvalue weighted by atomic mass is 16.5. The number of hydrogen-bond donors (Lipinski definition) is 1. The van der Waals surface area contributed by atoms with Gasteiger partial charge in [-0.05, 0) is 55.1 Å². The molecular formula is C21H29N3O2. The lowest BCUT2D eigenvalue weighted by Gasteiger charge is -2.34. The number of likely N-dealkylation sites (tertiary alicyclic amines) is 1. The number of carbonyl (C=O) groups is 1. The third kappa shape index (κ3) is 3.19. The van der Waals surface area contributed by atoms with E-state index in [2.05, 4.69) is 39.5 Å². The van der Waals surface area contributed by atoms with Crippen molar-refractivity contribution < 1.29 is 9.53 Å². The van der Waals surface area contributed by atoms with E-state index in [-0.39, 0.29) is 11.9 Å². The van der Waals surface area contributed by atoms with Gasteiger partial charge in [-0.2, -0.15) is 0 Å². The van der Waals surface area contributed by atoms with Crippen LogP contribution in [0.4, 0.5) is 0 Å². The summed E-state index contributed by atoms with van der Waals surface area (Å²) in [6, 6.07) is 8.87. The molecule has 3 unspecified atom stereocenters. The summed E-state index contributed by atoms with van der Waals surface area (Å²) in [7, 11) is 1.83. The van der Waals surface area contributed by atoms with Crippen molar-refractivity contribution in [1.82, 2.24) is 10.2 Å². The Balaban J connectivity index is 1.31. The summed E-state index contributed by atoms with van der Waals surface area (Å²) in [6.07, 6.45) is 3.14. The van der Waals surface area contributed by atoms with Crippen LogP contribution in [-0.2, 0) is 16.0 Å². The fraction of sp³-hybridized carbons (Fsp3) is 0.619. The Labute approximate surface area is 155 Å². The highest BCUT2D eigenvalue weighted by Gasteiger charge is 2.55. The van der Waals surface area contributed by atoms with Gasteiger partial charge in [-0.1, -0.05) is 24.3 Å². The van der Waals surface area contributed by atoms with E-state index >= 15 is 0 Å². The zero-order valence-corrected chi connectivity index (χ0v) is 15.8. The number of hydrogen-bond acceptors (Lipinski definition) is 3. The molecular weight excluding hydrogens is 326 g/mol. The first kappa shape index (κ1) is 17.4. The predicted octanol–water partition coefficient (Wildman–Crippen LogP) is 2.42. The van der Waals surface area contributed by atoms with E-state index in [1.54, 1.807) is 5.56 Å². The molecule has 1 aromatic carbocycles. The van der Waals surface area contributed by atoms with Crippen molar-refractivity contribution in [3.05, 3.63) is 35.4 Å². The first-order valence-corrected chi connectivity index (χ1v) is 9.93. The molecule has 26 heavy (non-hydrogen) atoms. The zero-order valence-electron chi connectivity index (χ0n) is 15.8. The molecule has 1 saturated carbocycles. The first-order chi connectivity index (χ1) is 12.7. The maximum atomic E-state index is 12.1. The molecule has 1 heterocycles. The van der Waals surface area contributed by atoms with Gasteiger partial charge in [0.2, 0.25) is 0 Å². The number of aliphatic imine (C=N–C) groups is 1. The minimum atomic E-state index is -0.0685. The van der Waals surface area contributed by atoms with Crippen LogP contribution in [0.1, 0.15) is 36.8 Å². The third-order valence-electron chi connectivity index (χ3n) is 6.25. The van der Waals surface area contributed by atoms with Gasteiger partial charge in [-0.3, -0.25) is 9.79 Å². The van der Waals surface area contributed by atoms with Crippen LogP contribution >= 0.6 is 0 Å². The Morgan fingerprint density at radius 3 is 3.04 bits per heavy atom. The summed E-state index contributed by atoms with van der Waals surface area (Å²) in [5, 5.41) is 3.58. The lowest BCUT2D eigenvalue weighted by Crippen LogP contribution is -2.48. The van der Waals surface area contributed by atoms with Crippen molar-refractivity contribution in [3.8, 4) is 0 Å². The molecule has 2 aliphatic carbocycles. The second-order valence-corrected chi connectivity index (χ2v) is 7.72. The molecule has 1 aromatic rings. The average Bonchev–Trinajstić information content (AvgIpc) is 3.20. The molecule has 2 fully saturated rings. The van der Waals surface area contributed by atoms with Gasteiger partial charge in [0.15, 0.2) is 5.96 Å². The van der Waals surface area contributed by atoms with Crippen molar-refractivity contribution in [2.75, 3.05) is 33.3 Å². The third-order valence-corrected chi connectivity index (χ3v) is 6.25. The summed E-state index contributed by atoms with van der Waals surface area (Å²) >= 11 is 0. The normalized spacial score (nSPS) is 29.8. The molecule has 1 saturated heterocycles. The van der Waals surface area contributed by atoms with Crippen LogP contribution in [0.2, 0.25) is 0 Å². The Kier molecular flexibility index (Phi) is 4.88. The van der Waals surface area contributed by atoms with E-state index in [0.717, 1.165) is 43.7 Å². The Morgan fingerprint density at radius 1 is 1.38 bits per heavy atom. The van der Waals surface area contributed by atoms with Crippen molar-refractivity contribution >= 4 is 11.9 Å². The fourth-order valence-corrected chi connectivity index (χ4v) is 4.93. The maximum Gasteiger partial charge on any atom is 0.310 e. The zero-order chi connectivity index (χ0) is 18.1. The predicted molar refractivity (Wildman–Crippen MR) is 102 cm³/mol. The molecule has 1 N–H and O–H groups in total. The van der Waals surface area contributed by atoms with E-state index in [4.69, 9.17) is 4.74 Å². The smallest absolute Gasteiger partial charge is 0.310 e. The highest BCUT2D eigenvalue weighted by molar-refractivity contribution is 5.81. The number of fused-ring (bicyclic) bond motifs is 3. The number of guanidine groups is 1. The number of rotatable bonds is 4. The number of esters is 1. The van der Waals surface area contributed by atoms with Gasteiger partial charge in [0, 0.05) is 26.7 Å². The summed E-state index contributed by atoms with van der Waals surface area (Å²) in [5.41, 5.74) is 3.09. The van der Waals surface area contributed by atoms with Crippen LogP contribution in [0.25, 0.3) is 0 Å². The molecule has 4 rings (SSSR count). The van der Waals surface area contributed by atoms with E-state index in [0.29, 0.717) is 19.1 Å². The van der Waals surface area contributed by atoms with E-state index < -0.39 is 0 Å². The van der Waals surface area contributed by atoms with Gasteiger partial charge < -0.3 is 15.0 Å². The summed E-state index contributed by atoms with van der Waals surface area (Å²) in [6.45, 7) is 4.95. The number of carbonyl (C=O) groups excluding carboxylic acids is 1. The van der Waals surface area contributed by atoms with Crippen LogP contribution in [0.3, 0.4) is 0 Å². The summed E-state index contributed by atoms with van der Waals surface area (Å²) in [4.78, 5) is 18.8. The second-order valence-electron chi connectivity index (χ2n) is 7.72. The standard InChI is InChI=1S/C21H29N3O2/c1-3-26-20(25)15-8-6-10-24(13-15)21(22-2)23-12-18-17-11-14-7-4-5-9-16(14)19(17)18/h4-5,7,9,15,17-19H,3,6,8,10-13H2,1-2H3,(H,22,23)/t15-,17?,18?,19?/m1/s1. The molecule has 5 heteroatoms. The van der Waals surface area contributed by atoms with Gasteiger partial charge >= 0.3 is 5.97 Å². The fourth-order valence-electron chi connectivity index (χ4n) is 4.93. The maximum absolute atomic E-state index is 12.1. The molecule has 0 spiro atoms. The Morgan fingerprint density at radius 2 is 2.23 bits per heavy atom. The molecule has 140 valence electrons. The molecule has 1 aliphatic heterocycles. The Bertz CT molecular complexity index is 702. The van der Waals surface area contributed by atoms with Crippen LogP contribution in [0.5, 0.6) is 0 Å². The van der Waals surface area contributed by atoms with Gasteiger partial charge in [0.1, 0.15) is 0 Å². The molecule has 0 bridgehead atoms. The van der Waals surface area contributed by atoms with Crippen molar-refractivity contribution in [2.24, 2.45) is 22.7 Å². The van der Waals surface area contributed by atoms with E-state index in [1.807, 2.05) is 14.0 Å². The number of ether oxygens (including phenoxy) is 1. The molecule has 3 aliphatic rings. The van der Waals surface area contributed by atoms with Gasteiger partial charge in [-0.25, -0.2) is 0 Å². The summed E-state index contributed by atoms with van der Waals surface area (Å²) in [5.74, 6) is 3.07. The van der Waals surface area contributed by atoms with Crippen LogP contribution in [-0.4, -0.2) is 50.1 Å². The quantitative estimate of drug-likeness (QED) is 0.512. The van der Waals surface area contributed by atoms with Crippen molar-refractivity contribution in [2.45, 2.75) is 32.1 Å². The number of benzene rings is 1. The van der Waals surface area contributed by atoms with Gasteiger partial charge in [0.05, 0.1) is 12.5 Å². The molecule has 0 radical (unpaired) electrons. The average molecular weight is 355 g/mol. The van der Waals surface area contributed by atoms with Gasteiger partial charge in [0.25, 0.3) is 0 Å². The van der Waals surface area contributed by atoms with Crippen molar-refractivity contribution in [3.63, 3.8) is 0 Å². The largest absolute Gasteiger partial charge is 0.466 e. The van der Waals surface area contributed by atoms with Crippen LogP contribution in [0, 0.1) is 17.8 Å². The lowest BCUT2D eigenvalue weighted by atomic mass is 9.98. The SMILES string of the molecule is CCOC(=O)[C@@H]1CCCN(C(=NC)NCC2C3Cc4ccccc4C23)C1. The molecule has 0 aromatic heterocycles. The first-order valence-electron chi connectivity index (χ1n) is 9.93. The number of nitrogens with one attached hydrogen (secondary N) is 1. The topological polar surface area (TPSA) is 53.9 Å². The Hall–Kier alpha value is -2.04. The van der Waals surface area contributed by atoms with Crippen LogP contribution < -0.4 is 5.32 Å². The van der Waals surface area contributed by atoms with E-state index in [1.165, 1.54) is 12.0 Å². The lowest BCUT2D eigenvalue weighted by molar-refractivity contribution is -0.149. The highest BCUT2D eigenvalue weighted by Crippen LogP contribution is 2.60. The van der Waals surface area contributed by atoms with Crippen molar-refractivity contribution in [1.29, 1.82) is 0 Å². The second kappa shape index (κ2) is 7.29. The molecule has 5 nitrogen and oxygen atoms in total. The molecule has 0 amide bonds. The monoisotopic (exact) mass is 355 g/mol. The minimum absolute atomic E-state index is 0.0329. The minimum Gasteiger partial charge on any atom is -0.466 e. The van der Waals surface area contributed by atoms with Gasteiger partial charge in [-0.15, -0.1) is 0 Å². The number of piperidine rings is 1. The molecule has 4 atom stereocenters. The summed E-state index contributed by atoms with van der Waals surface area (Å²) < 4.78 is 5.21. The number of nitrogens with zero attached hydrogens (tertiary/aromatic N) is 2.